The maximum Gasteiger partial charge on any atom is 0.1000 e. The normalized spacial score (nSPS) is 21.6. The van der Waals surface area contributed by atoms with Gasteiger partial charge in [0.1, 0.15) is 0 Å². The number of rotatable bonds is 1. The molecule has 0 radical (unpaired) electrons. The maximum absolute atomic E-state index is 7.06. The van der Waals surface area contributed by atoms with Crippen LogP contribution in [0.4, 0.5) is 0 Å². The minimum atomic E-state index is 0.363. The molecule has 1 rings (SSSR count). The molecule has 1 fully saturated rings. The Balaban J connectivity index is 2.35. The SMILES string of the molecule is N=C(Cl)C1CCCC1. The molecule has 1 saturated carbocycles. The van der Waals surface area contributed by atoms with E-state index in [1.165, 1.54) is 12.8 Å². The Morgan fingerprint density at radius 1 is 1.38 bits per heavy atom. The third-order valence-electron chi connectivity index (χ3n) is 1.71. The van der Waals surface area contributed by atoms with E-state index in [0.29, 0.717) is 11.1 Å². The highest BCUT2D eigenvalue weighted by Crippen LogP contribution is 2.26. The molecule has 0 bridgehead atoms. The summed E-state index contributed by atoms with van der Waals surface area (Å²) in [6.45, 7) is 0. The number of nitrogens with one attached hydrogen (secondary N) is 1. The van der Waals surface area contributed by atoms with Gasteiger partial charge in [0.05, 0.1) is 5.17 Å². The number of hydrogen-bond acceptors (Lipinski definition) is 1. The van der Waals surface area contributed by atoms with E-state index in [1.54, 1.807) is 0 Å². The summed E-state index contributed by atoms with van der Waals surface area (Å²) in [7, 11) is 0. The first-order chi connectivity index (χ1) is 3.80. The lowest BCUT2D eigenvalue weighted by Crippen LogP contribution is -2.00. The van der Waals surface area contributed by atoms with Crippen molar-refractivity contribution in [2.45, 2.75) is 25.7 Å². The fourth-order valence-electron chi connectivity index (χ4n) is 1.18. The summed E-state index contributed by atoms with van der Waals surface area (Å²) in [6, 6.07) is 0. The van der Waals surface area contributed by atoms with Crippen molar-refractivity contribution in [2.24, 2.45) is 5.92 Å². The lowest BCUT2D eigenvalue weighted by Gasteiger charge is -2.00. The first-order valence-corrected chi connectivity index (χ1v) is 3.42. The average molecular weight is 132 g/mol. The van der Waals surface area contributed by atoms with Crippen LogP contribution in [0.15, 0.2) is 0 Å². The molecule has 0 unspecified atom stereocenters. The predicted molar refractivity (Wildman–Crippen MR) is 35.5 cm³/mol. The van der Waals surface area contributed by atoms with Gasteiger partial charge in [0, 0.05) is 5.92 Å². The van der Waals surface area contributed by atoms with Crippen molar-refractivity contribution in [3.63, 3.8) is 0 Å². The van der Waals surface area contributed by atoms with Gasteiger partial charge < -0.3 is 0 Å². The zero-order valence-electron chi connectivity index (χ0n) is 4.78. The van der Waals surface area contributed by atoms with Crippen LogP contribution in [0.3, 0.4) is 0 Å². The van der Waals surface area contributed by atoms with Gasteiger partial charge in [-0.05, 0) is 12.8 Å². The Morgan fingerprint density at radius 3 is 2.12 bits per heavy atom. The van der Waals surface area contributed by atoms with E-state index in [0.717, 1.165) is 12.8 Å². The maximum atomic E-state index is 7.06. The van der Waals surface area contributed by atoms with Gasteiger partial charge in [-0.2, -0.15) is 0 Å². The summed E-state index contributed by atoms with van der Waals surface area (Å²) in [4.78, 5) is 0. The molecule has 2 heteroatoms. The van der Waals surface area contributed by atoms with Crippen LogP contribution < -0.4 is 0 Å². The second-order valence-corrected chi connectivity index (χ2v) is 2.74. The van der Waals surface area contributed by atoms with Crippen molar-refractivity contribution in [1.82, 2.24) is 0 Å². The van der Waals surface area contributed by atoms with Crippen molar-refractivity contribution >= 4 is 16.8 Å². The Morgan fingerprint density at radius 2 is 1.88 bits per heavy atom. The highest BCUT2D eigenvalue weighted by Gasteiger charge is 2.17. The summed E-state index contributed by atoms with van der Waals surface area (Å²) in [6.07, 6.45) is 4.81. The molecule has 0 spiro atoms. The van der Waals surface area contributed by atoms with Crippen molar-refractivity contribution in [2.75, 3.05) is 0 Å². The smallest absolute Gasteiger partial charge is 0.1000 e. The molecule has 46 valence electrons. The summed E-state index contributed by atoms with van der Waals surface area (Å²) < 4.78 is 0. The molecular formula is C6H10ClN. The summed E-state index contributed by atoms with van der Waals surface area (Å²) in [5, 5.41) is 7.42. The van der Waals surface area contributed by atoms with E-state index in [1.807, 2.05) is 0 Å². The zero-order chi connectivity index (χ0) is 5.98. The molecule has 0 amide bonds. The van der Waals surface area contributed by atoms with Crippen molar-refractivity contribution in [1.29, 1.82) is 5.41 Å². The third-order valence-corrected chi connectivity index (χ3v) is 2.02. The largest absolute Gasteiger partial charge is 0.293 e. The van der Waals surface area contributed by atoms with Crippen LogP contribution in [0.25, 0.3) is 0 Å². The second-order valence-electron chi connectivity index (χ2n) is 2.33. The molecule has 0 aromatic carbocycles. The Hall–Kier alpha value is -0.0400. The molecule has 8 heavy (non-hydrogen) atoms. The number of hydrogen-bond donors (Lipinski definition) is 1. The highest BCUT2D eigenvalue weighted by molar-refractivity contribution is 6.65. The predicted octanol–water partition coefficient (Wildman–Crippen LogP) is 2.39. The average Bonchev–Trinajstić information content (AvgIpc) is 2.12. The topological polar surface area (TPSA) is 23.9 Å². The van der Waals surface area contributed by atoms with E-state index in [2.05, 4.69) is 0 Å². The minimum Gasteiger partial charge on any atom is -0.293 e. The molecule has 1 nitrogen and oxygen atoms in total. The van der Waals surface area contributed by atoms with Crippen LogP contribution in [0.2, 0.25) is 0 Å². The third kappa shape index (κ3) is 1.22. The van der Waals surface area contributed by atoms with E-state index in [-0.39, 0.29) is 0 Å². The monoisotopic (exact) mass is 131 g/mol. The van der Waals surface area contributed by atoms with E-state index in [4.69, 9.17) is 17.0 Å². The quantitative estimate of drug-likeness (QED) is 0.529. The summed E-state index contributed by atoms with van der Waals surface area (Å²) >= 11 is 5.47. The van der Waals surface area contributed by atoms with Crippen LogP contribution in [0, 0.1) is 11.3 Å². The summed E-state index contributed by atoms with van der Waals surface area (Å²) in [5.41, 5.74) is 0. The Bertz CT molecular complexity index is 94.7. The van der Waals surface area contributed by atoms with Gasteiger partial charge in [-0.25, -0.2) is 0 Å². The van der Waals surface area contributed by atoms with Gasteiger partial charge >= 0.3 is 0 Å². The Labute approximate surface area is 54.5 Å². The fraction of sp³-hybridized carbons (Fsp3) is 0.833. The van der Waals surface area contributed by atoms with Gasteiger partial charge in [-0.1, -0.05) is 24.4 Å². The first-order valence-electron chi connectivity index (χ1n) is 3.04. The molecule has 1 N–H and O–H groups in total. The van der Waals surface area contributed by atoms with Gasteiger partial charge in [0.2, 0.25) is 0 Å². The molecule has 0 aliphatic heterocycles. The van der Waals surface area contributed by atoms with Crippen molar-refractivity contribution < 1.29 is 0 Å². The first kappa shape index (κ1) is 6.09. The second kappa shape index (κ2) is 2.49. The van der Waals surface area contributed by atoms with E-state index < -0.39 is 0 Å². The van der Waals surface area contributed by atoms with Gasteiger partial charge in [-0.15, -0.1) is 0 Å². The van der Waals surface area contributed by atoms with Crippen LogP contribution in [0.5, 0.6) is 0 Å². The van der Waals surface area contributed by atoms with Crippen LogP contribution in [-0.4, -0.2) is 5.17 Å². The van der Waals surface area contributed by atoms with Crippen LogP contribution in [-0.2, 0) is 0 Å². The van der Waals surface area contributed by atoms with Crippen LogP contribution in [0.1, 0.15) is 25.7 Å². The molecule has 0 heterocycles. The highest BCUT2D eigenvalue weighted by atomic mass is 35.5. The molecular weight excluding hydrogens is 122 g/mol. The van der Waals surface area contributed by atoms with E-state index >= 15 is 0 Å². The van der Waals surface area contributed by atoms with Crippen molar-refractivity contribution in [3.8, 4) is 0 Å². The van der Waals surface area contributed by atoms with Gasteiger partial charge in [0.25, 0.3) is 0 Å². The molecule has 0 aromatic heterocycles. The summed E-state index contributed by atoms with van der Waals surface area (Å²) in [5.74, 6) is 0.414. The van der Waals surface area contributed by atoms with Crippen molar-refractivity contribution in [3.05, 3.63) is 0 Å². The molecule has 1 aliphatic rings. The molecule has 0 atom stereocenters. The molecule has 0 saturated heterocycles. The lowest BCUT2D eigenvalue weighted by atomic mass is 10.1. The van der Waals surface area contributed by atoms with Crippen LogP contribution >= 0.6 is 11.6 Å². The minimum absolute atomic E-state index is 0.363. The molecule has 1 aliphatic carbocycles. The standard InChI is InChI=1S/C6H10ClN/c7-6(8)5-3-1-2-4-5/h5,8H,1-4H2. The lowest BCUT2D eigenvalue weighted by molar-refractivity contribution is 0.735. The Kier molecular flexibility index (Phi) is 1.90. The number of halogens is 1. The van der Waals surface area contributed by atoms with E-state index in [9.17, 15) is 0 Å². The zero-order valence-corrected chi connectivity index (χ0v) is 5.54. The van der Waals surface area contributed by atoms with Gasteiger partial charge in [0.15, 0.2) is 0 Å². The van der Waals surface area contributed by atoms with Gasteiger partial charge in [-0.3, -0.25) is 5.41 Å². The molecule has 0 aromatic rings. The fourth-order valence-corrected chi connectivity index (χ4v) is 1.40.